The number of carbonyl (C=O) groups is 1. The van der Waals surface area contributed by atoms with Crippen molar-refractivity contribution >= 4 is 34.1 Å². The molecule has 6 nitrogen and oxygen atoms in total. The smallest absolute Gasteiger partial charge is 0.254 e. The Hall–Kier alpha value is -1.67. The Kier molecular flexibility index (Phi) is 4.91. The quantitative estimate of drug-likeness (QED) is 0.650. The number of nitrogens with zero attached hydrogens (tertiary/aromatic N) is 2. The minimum absolute atomic E-state index is 0.160. The summed E-state index contributed by atoms with van der Waals surface area (Å²) in [5.41, 5.74) is 1.04. The van der Waals surface area contributed by atoms with E-state index < -0.39 is 0 Å². The van der Waals surface area contributed by atoms with Crippen LogP contribution in [-0.2, 0) is 11.2 Å². The molecule has 106 valence electrons. The maximum Gasteiger partial charge on any atom is 0.254 e. The van der Waals surface area contributed by atoms with Crippen molar-refractivity contribution in [1.29, 1.82) is 0 Å². The number of rotatable bonds is 5. The van der Waals surface area contributed by atoms with Gasteiger partial charge in [-0.05, 0) is 19.6 Å². The summed E-state index contributed by atoms with van der Waals surface area (Å²) in [4.78, 5) is 34.6. The third-order valence-electron chi connectivity index (χ3n) is 2.67. The highest BCUT2D eigenvalue weighted by molar-refractivity contribution is 7.98. The van der Waals surface area contributed by atoms with Crippen LogP contribution in [0.3, 0.4) is 0 Å². The molecule has 0 unspecified atom stereocenters. The normalized spacial score (nSPS) is 10.5. The van der Waals surface area contributed by atoms with E-state index in [0.29, 0.717) is 28.0 Å². The second kappa shape index (κ2) is 6.67. The molecule has 2 aromatic heterocycles. The molecule has 0 spiro atoms. The summed E-state index contributed by atoms with van der Waals surface area (Å²) in [7, 11) is 0. The molecule has 0 bridgehead atoms. The Balaban J connectivity index is 2.00. The summed E-state index contributed by atoms with van der Waals surface area (Å²) >= 11 is 2.74. The van der Waals surface area contributed by atoms with Crippen LogP contribution in [0.25, 0.3) is 0 Å². The van der Waals surface area contributed by atoms with Crippen molar-refractivity contribution in [1.82, 2.24) is 15.0 Å². The molecule has 8 heteroatoms. The van der Waals surface area contributed by atoms with Gasteiger partial charge in [0, 0.05) is 29.3 Å². The van der Waals surface area contributed by atoms with Crippen molar-refractivity contribution < 1.29 is 4.79 Å². The van der Waals surface area contributed by atoms with Crippen molar-refractivity contribution in [2.45, 2.75) is 24.9 Å². The van der Waals surface area contributed by atoms with E-state index in [9.17, 15) is 9.59 Å². The lowest BCUT2D eigenvalue weighted by Gasteiger charge is -2.05. The molecule has 0 aliphatic carbocycles. The Bertz CT molecular complexity index is 652. The zero-order chi connectivity index (χ0) is 14.5. The SMILES string of the molecule is CSc1nc(C)c(CCC(=O)Nc2nccs2)c(=O)[nH]1. The van der Waals surface area contributed by atoms with Gasteiger partial charge in [0.1, 0.15) is 0 Å². The summed E-state index contributed by atoms with van der Waals surface area (Å²) in [6, 6.07) is 0. The first-order valence-corrected chi connectivity index (χ1v) is 8.03. The molecular formula is C12H14N4O2S2. The van der Waals surface area contributed by atoms with E-state index in [1.165, 1.54) is 23.1 Å². The molecule has 0 aliphatic heterocycles. The number of aromatic nitrogens is 3. The standard InChI is InChI=1S/C12H14N4O2S2/c1-7-8(10(18)16-12(14-7)19-2)3-4-9(17)15-11-13-5-6-20-11/h5-6H,3-4H2,1-2H3,(H,13,15,17)(H,14,16,18). The second-order valence-electron chi connectivity index (χ2n) is 4.02. The first kappa shape index (κ1) is 14.7. The molecule has 2 N–H and O–H groups in total. The molecule has 2 aromatic rings. The molecule has 2 rings (SSSR count). The van der Waals surface area contributed by atoms with Crippen molar-refractivity contribution in [3.63, 3.8) is 0 Å². The first-order valence-electron chi connectivity index (χ1n) is 5.93. The van der Waals surface area contributed by atoms with Crippen molar-refractivity contribution in [3.8, 4) is 0 Å². The van der Waals surface area contributed by atoms with Gasteiger partial charge in [0.25, 0.3) is 5.56 Å². The van der Waals surface area contributed by atoms with E-state index in [-0.39, 0.29) is 17.9 Å². The average molecular weight is 310 g/mol. The minimum Gasteiger partial charge on any atom is -0.302 e. The molecule has 0 aromatic carbocycles. The van der Waals surface area contributed by atoms with Crippen molar-refractivity contribution in [2.24, 2.45) is 0 Å². The molecule has 0 radical (unpaired) electrons. The molecule has 20 heavy (non-hydrogen) atoms. The van der Waals surface area contributed by atoms with Gasteiger partial charge in [-0.15, -0.1) is 11.3 Å². The molecule has 1 amide bonds. The van der Waals surface area contributed by atoms with Crippen LogP contribution in [0.4, 0.5) is 5.13 Å². The minimum atomic E-state index is -0.177. The van der Waals surface area contributed by atoms with Gasteiger partial charge in [-0.1, -0.05) is 11.8 Å². The van der Waals surface area contributed by atoms with Crippen LogP contribution >= 0.6 is 23.1 Å². The Morgan fingerprint density at radius 1 is 1.55 bits per heavy atom. The molecule has 0 saturated carbocycles. The van der Waals surface area contributed by atoms with E-state index in [1.54, 1.807) is 18.5 Å². The fraction of sp³-hybridized carbons (Fsp3) is 0.333. The highest BCUT2D eigenvalue weighted by Crippen LogP contribution is 2.12. The highest BCUT2D eigenvalue weighted by atomic mass is 32.2. The number of hydrogen-bond donors (Lipinski definition) is 2. The molecule has 0 atom stereocenters. The molecular weight excluding hydrogens is 296 g/mol. The van der Waals surface area contributed by atoms with Gasteiger partial charge < -0.3 is 10.3 Å². The van der Waals surface area contributed by atoms with E-state index in [0.717, 1.165) is 0 Å². The fourth-order valence-corrected chi connectivity index (χ4v) is 2.65. The van der Waals surface area contributed by atoms with Gasteiger partial charge in [0.05, 0.1) is 0 Å². The van der Waals surface area contributed by atoms with Gasteiger partial charge in [-0.3, -0.25) is 9.59 Å². The molecule has 2 heterocycles. The topological polar surface area (TPSA) is 87.7 Å². The van der Waals surface area contributed by atoms with Crippen LogP contribution in [0.1, 0.15) is 17.7 Å². The number of hydrogen-bond acceptors (Lipinski definition) is 6. The van der Waals surface area contributed by atoms with Crippen LogP contribution < -0.4 is 10.9 Å². The third kappa shape index (κ3) is 3.67. The van der Waals surface area contributed by atoms with Gasteiger partial charge >= 0.3 is 0 Å². The summed E-state index contributed by atoms with van der Waals surface area (Å²) in [5.74, 6) is -0.160. The van der Waals surface area contributed by atoms with Crippen LogP contribution in [0.5, 0.6) is 0 Å². The molecule has 0 aliphatic rings. The second-order valence-corrected chi connectivity index (χ2v) is 5.71. The number of aromatic amines is 1. The Morgan fingerprint density at radius 2 is 2.35 bits per heavy atom. The van der Waals surface area contributed by atoms with Crippen molar-refractivity contribution in [2.75, 3.05) is 11.6 Å². The summed E-state index contributed by atoms with van der Waals surface area (Å²) in [5, 5.41) is 5.63. The molecule has 0 fully saturated rings. The van der Waals surface area contributed by atoms with E-state index >= 15 is 0 Å². The predicted molar refractivity (Wildman–Crippen MR) is 80.4 cm³/mol. The number of carbonyl (C=O) groups excluding carboxylic acids is 1. The predicted octanol–water partition coefficient (Wildman–Crippen LogP) is 1.83. The van der Waals surface area contributed by atoms with E-state index in [1.807, 2.05) is 6.26 Å². The van der Waals surface area contributed by atoms with Crippen LogP contribution in [0.2, 0.25) is 0 Å². The van der Waals surface area contributed by atoms with Crippen LogP contribution in [0.15, 0.2) is 21.5 Å². The largest absolute Gasteiger partial charge is 0.302 e. The zero-order valence-corrected chi connectivity index (χ0v) is 12.7. The van der Waals surface area contributed by atoms with E-state index in [2.05, 4.69) is 20.3 Å². The lowest BCUT2D eigenvalue weighted by molar-refractivity contribution is -0.116. The van der Waals surface area contributed by atoms with Crippen LogP contribution in [-0.4, -0.2) is 27.1 Å². The first-order chi connectivity index (χ1) is 9.60. The Labute approximate surface area is 124 Å². The van der Waals surface area contributed by atoms with Crippen LogP contribution in [0, 0.1) is 6.92 Å². The van der Waals surface area contributed by atoms with Gasteiger partial charge in [-0.25, -0.2) is 9.97 Å². The number of amides is 1. The van der Waals surface area contributed by atoms with Gasteiger partial charge in [0.15, 0.2) is 10.3 Å². The van der Waals surface area contributed by atoms with E-state index in [4.69, 9.17) is 0 Å². The maximum atomic E-state index is 11.9. The lowest BCUT2D eigenvalue weighted by Crippen LogP contribution is -2.20. The zero-order valence-electron chi connectivity index (χ0n) is 11.1. The summed E-state index contributed by atoms with van der Waals surface area (Å²) < 4.78 is 0. The fourth-order valence-electron chi connectivity index (χ4n) is 1.68. The number of anilines is 1. The number of H-pyrrole nitrogens is 1. The average Bonchev–Trinajstić information content (AvgIpc) is 2.90. The summed E-state index contributed by atoms with van der Waals surface area (Å²) in [6.45, 7) is 1.78. The number of thioether (sulfide) groups is 1. The number of thiazole rings is 1. The third-order valence-corrected chi connectivity index (χ3v) is 3.94. The van der Waals surface area contributed by atoms with Gasteiger partial charge in [-0.2, -0.15) is 0 Å². The summed E-state index contributed by atoms with van der Waals surface area (Å²) in [6.07, 6.45) is 4.06. The van der Waals surface area contributed by atoms with Crippen molar-refractivity contribution in [3.05, 3.63) is 33.2 Å². The molecule has 0 saturated heterocycles. The number of nitrogens with one attached hydrogen (secondary N) is 2. The highest BCUT2D eigenvalue weighted by Gasteiger charge is 2.11. The maximum absolute atomic E-state index is 11.9. The lowest BCUT2D eigenvalue weighted by atomic mass is 10.1. The van der Waals surface area contributed by atoms with Gasteiger partial charge in [0.2, 0.25) is 5.91 Å². The Morgan fingerprint density at radius 3 is 2.95 bits per heavy atom. The number of aryl methyl sites for hydroxylation is 1. The monoisotopic (exact) mass is 310 g/mol.